The molecule has 2 atom stereocenters. The summed E-state index contributed by atoms with van der Waals surface area (Å²) in [6.45, 7) is 1.84. The molecule has 0 spiro atoms. The molecule has 3 aromatic rings. The maximum Gasteiger partial charge on any atom is 0.225 e. The first-order valence-electron chi connectivity index (χ1n) is 8.49. The summed E-state index contributed by atoms with van der Waals surface area (Å²) < 4.78 is 12.9. The molecule has 2 heterocycles. The van der Waals surface area contributed by atoms with E-state index >= 15 is 0 Å². The lowest BCUT2D eigenvalue weighted by molar-refractivity contribution is -0.116. The van der Waals surface area contributed by atoms with Gasteiger partial charge in [0.1, 0.15) is 17.7 Å². The van der Waals surface area contributed by atoms with Crippen LogP contribution in [0.2, 0.25) is 0 Å². The van der Waals surface area contributed by atoms with Crippen LogP contribution in [-0.2, 0) is 4.79 Å². The first kappa shape index (κ1) is 16.4. The molecule has 1 aromatic carbocycles. The molecule has 1 aliphatic rings. The molecule has 2 N–H and O–H groups in total. The van der Waals surface area contributed by atoms with Crippen molar-refractivity contribution in [1.82, 2.24) is 9.97 Å². The van der Waals surface area contributed by atoms with Gasteiger partial charge in [0.15, 0.2) is 0 Å². The van der Waals surface area contributed by atoms with Crippen molar-refractivity contribution in [2.75, 3.05) is 5.32 Å². The number of hydrogen-bond acceptors (Lipinski definition) is 4. The molecule has 0 bridgehead atoms. The average molecular weight is 351 g/mol. The van der Waals surface area contributed by atoms with Crippen LogP contribution in [0.25, 0.3) is 21.9 Å². The zero-order valence-electron chi connectivity index (χ0n) is 14.2. The maximum absolute atomic E-state index is 12.9. The number of benzene rings is 1. The lowest BCUT2D eigenvalue weighted by Gasteiger charge is -2.09. The summed E-state index contributed by atoms with van der Waals surface area (Å²) in [5.41, 5.74) is 2.55. The number of aromatic nitrogens is 2. The Kier molecular flexibility index (Phi) is 4.03. The number of anilines is 1. The molecule has 0 unspecified atom stereocenters. The van der Waals surface area contributed by atoms with E-state index in [2.05, 4.69) is 15.3 Å². The van der Waals surface area contributed by atoms with Crippen LogP contribution in [0.3, 0.4) is 0 Å². The number of carbonyl (C=O) groups excluding carboxylic acids is 1. The van der Waals surface area contributed by atoms with Crippen LogP contribution in [0.5, 0.6) is 5.75 Å². The predicted octanol–water partition coefficient (Wildman–Crippen LogP) is 4.00. The first-order chi connectivity index (χ1) is 12.5. The number of fused-ring (bicyclic) bond motifs is 1. The van der Waals surface area contributed by atoms with E-state index in [-0.39, 0.29) is 24.0 Å². The standard InChI is InChI=1S/C20H18FN3O2/c1-11-16(9-22-10-18(11)25)13-3-2-12-6-19(23-8-15(12)4-13)24-20(26)7-14-5-17(14)21/h2-4,6,8-10,14,17,25H,5,7H2,1H3,(H,23,24,26)/t14-,17-/m0/s1. The minimum Gasteiger partial charge on any atom is -0.506 e. The van der Waals surface area contributed by atoms with Crippen molar-refractivity contribution >= 4 is 22.5 Å². The highest BCUT2D eigenvalue weighted by atomic mass is 19.1. The van der Waals surface area contributed by atoms with Crippen molar-refractivity contribution in [3.05, 3.63) is 48.4 Å². The van der Waals surface area contributed by atoms with E-state index in [1.165, 1.54) is 6.20 Å². The van der Waals surface area contributed by atoms with Crippen LogP contribution in [0.1, 0.15) is 18.4 Å². The second-order valence-electron chi connectivity index (χ2n) is 6.73. The van der Waals surface area contributed by atoms with Gasteiger partial charge in [0.05, 0.1) is 6.20 Å². The zero-order valence-corrected chi connectivity index (χ0v) is 14.2. The molecular formula is C20H18FN3O2. The minimum atomic E-state index is -0.834. The first-order valence-corrected chi connectivity index (χ1v) is 8.49. The second-order valence-corrected chi connectivity index (χ2v) is 6.73. The quantitative estimate of drug-likeness (QED) is 0.745. The molecule has 1 saturated carbocycles. The zero-order chi connectivity index (χ0) is 18.3. The van der Waals surface area contributed by atoms with Gasteiger partial charge in [-0.2, -0.15) is 0 Å². The molecule has 1 amide bonds. The number of carbonyl (C=O) groups is 1. The minimum absolute atomic E-state index is 0.142. The molecule has 0 aliphatic heterocycles. The highest BCUT2D eigenvalue weighted by Crippen LogP contribution is 2.37. The molecule has 6 heteroatoms. The third-order valence-electron chi connectivity index (χ3n) is 4.77. The average Bonchev–Trinajstić information content (AvgIpc) is 3.31. The van der Waals surface area contributed by atoms with Gasteiger partial charge in [-0.05, 0) is 36.4 Å². The topological polar surface area (TPSA) is 75.1 Å². The number of nitrogens with one attached hydrogen (secondary N) is 1. The Morgan fingerprint density at radius 1 is 1.27 bits per heavy atom. The molecular weight excluding hydrogens is 333 g/mol. The Labute approximate surface area is 149 Å². The third-order valence-corrected chi connectivity index (χ3v) is 4.77. The highest BCUT2D eigenvalue weighted by molar-refractivity contribution is 5.94. The maximum atomic E-state index is 12.9. The summed E-state index contributed by atoms with van der Waals surface area (Å²) in [6.07, 6.45) is 4.67. The number of hydrogen-bond donors (Lipinski definition) is 2. The van der Waals surface area contributed by atoms with E-state index in [0.29, 0.717) is 12.2 Å². The van der Waals surface area contributed by atoms with Crippen molar-refractivity contribution in [2.24, 2.45) is 5.92 Å². The fraction of sp³-hybridized carbons (Fsp3) is 0.250. The summed E-state index contributed by atoms with van der Waals surface area (Å²) >= 11 is 0. The summed E-state index contributed by atoms with van der Waals surface area (Å²) in [7, 11) is 0. The number of halogens is 1. The fourth-order valence-electron chi connectivity index (χ4n) is 3.04. The van der Waals surface area contributed by atoms with Gasteiger partial charge in [-0.1, -0.05) is 12.1 Å². The van der Waals surface area contributed by atoms with Crippen LogP contribution in [0.4, 0.5) is 10.2 Å². The van der Waals surface area contributed by atoms with E-state index in [0.717, 1.165) is 27.5 Å². The molecule has 1 aliphatic carbocycles. The van der Waals surface area contributed by atoms with Crippen molar-refractivity contribution in [3.8, 4) is 16.9 Å². The van der Waals surface area contributed by atoms with Crippen molar-refractivity contribution in [3.63, 3.8) is 0 Å². The molecule has 5 nitrogen and oxygen atoms in total. The number of pyridine rings is 2. The van der Waals surface area contributed by atoms with Crippen LogP contribution in [0.15, 0.2) is 42.9 Å². The summed E-state index contributed by atoms with van der Waals surface area (Å²) in [4.78, 5) is 20.2. The van der Waals surface area contributed by atoms with Crippen molar-refractivity contribution in [1.29, 1.82) is 0 Å². The number of nitrogens with zero attached hydrogens (tertiary/aromatic N) is 2. The summed E-state index contributed by atoms with van der Waals surface area (Å²) in [5, 5.41) is 14.4. The lowest BCUT2D eigenvalue weighted by atomic mass is 10.00. The van der Waals surface area contributed by atoms with Gasteiger partial charge in [-0.3, -0.25) is 9.78 Å². The molecule has 26 heavy (non-hydrogen) atoms. The number of aromatic hydroxyl groups is 1. The van der Waals surface area contributed by atoms with E-state index in [1.807, 2.05) is 25.1 Å². The van der Waals surface area contributed by atoms with Gasteiger partial charge < -0.3 is 10.4 Å². The van der Waals surface area contributed by atoms with Gasteiger partial charge in [0.25, 0.3) is 0 Å². The van der Waals surface area contributed by atoms with E-state index in [1.54, 1.807) is 18.5 Å². The Balaban J connectivity index is 1.58. The van der Waals surface area contributed by atoms with Crippen LogP contribution >= 0.6 is 0 Å². The molecule has 0 saturated heterocycles. The second kappa shape index (κ2) is 6.37. The smallest absolute Gasteiger partial charge is 0.225 e. The molecule has 2 aromatic heterocycles. The van der Waals surface area contributed by atoms with Gasteiger partial charge in [0, 0.05) is 41.2 Å². The lowest BCUT2D eigenvalue weighted by Crippen LogP contribution is -2.13. The van der Waals surface area contributed by atoms with Crippen LogP contribution in [-0.4, -0.2) is 27.2 Å². The number of amides is 1. The highest BCUT2D eigenvalue weighted by Gasteiger charge is 2.38. The monoisotopic (exact) mass is 351 g/mol. The van der Waals surface area contributed by atoms with Gasteiger partial charge in [-0.25, -0.2) is 9.37 Å². The molecule has 132 valence electrons. The fourth-order valence-corrected chi connectivity index (χ4v) is 3.04. The van der Waals surface area contributed by atoms with E-state index in [9.17, 15) is 14.3 Å². The Morgan fingerprint density at radius 3 is 2.85 bits per heavy atom. The van der Waals surface area contributed by atoms with Gasteiger partial charge in [-0.15, -0.1) is 0 Å². The Morgan fingerprint density at radius 2 is 2.08 bits per heavy atom. The van der Waals surface area contributed by atoms with Crippen molar-refractivity contribution in [2.45, 2.75) is 25.9 Å². The molecule has 0 radical (unpaired) electrons. The summed E-state index contributed by atoms with van der Waals surface area (Å²) in [6, 6.07) is 7.64. The Bertz CT molecular complexity index is 1010. The molecule has 1 fully saturated rings. The number of alkyl halides is 1. The van der Waals surface area contributed by atoms with E-state index < -0.39 is 6.17 Å². The molecule has 4 rings (SSSR count). The Hall–Kier alpha value is -3.02. The largest absolute Gasteiger partial charge is 0.506 e. The van der Waals surface area contributed by atoms with Crippen LogP contribution in [0, 0.1) is 12.8 Å². The van der Waals surface area contributed by atoms with Crippen molar-refractivity contribution < 1.29 is 14.3 Å². The van der Waals surface area contributed by atoms with Gasteiger partial charge >= 0.3 is 0 Å². The summed E-state index contributed by atoms with van der Waals surface area (Å²) in [5.74, 6) is 0.267. The SMILES string of the molecule is Cc1c(O)cncc1-c1ccc2cc(NC(=O)C[C@@H]3C[C@@H]3F)ncc2c1. The van der Waals surface area contributed by atoms with Crippen LogP contribution < -0.4 is 5.32 Å². The van der Waals surface area contributed by atoms with Gasteiger partial charge in [0.2, 0.25) is 5.91 Å². The van der Waals surface area contributed by atoms with E-state index in [4.69, 9.17) is 0 Å². The predicted molar refractivity (Wildman–Crippen MR) is 97.6 cm³/mol. The normalized spacial score (nSPS) is 18.7. The third kappa shape index (κ3) is 3.22. The number of rotatable bonds is 4.